The van der Waals surface area contributed by atoms with Crippen LogP contribution in [-0.2, 0) is 0 Å². The molecule has 0 aromatic heterocycles. The van der Waals surface area contributed by atoms with E-state index in [1.165, 1.54) is 19.3 Å². The molecule has 0 unspecified atom stereocenters. The lowest BCUT2D eigenvalue weighted by Gasteiger charge is -2.11. The van der Waals surface area contributed by atoms with Crippen LogP contribution in [0.15, 0.2) is 84.0 Å². The number of nitrogens with zero attached hydrogens (tertiary/aromatic N) is 1. The molecule has 0 saturated carbocycles. The van der Waals surface area contributed by atoms with E-state index in [9.17, 15) is 4.79 Å². The number of hydrogen-bond donors (Lipinski definition) is 1. The monoisotopic (exact) mass is 460 g/mol. The van der Waals surface area contributed by atoms with Gasteiger partial charge in [0.2, 0.25) is 0 Å². The maximum Gasteiger partial charge on any atom is 0.271 e. The van der Waals surface area contributed by atoms with Gasteiger partial charge in [0.05, 0.1) is 12.8 Å². The van der Waals surface area contributed by atoms with E-state index in [2.05, 4.69) is 17.5 Å². The Balaban J connectivity index is 1.40. The number of amides is 1. The minimum Gasteiger partial charge on any atom is -0.494 e. The second kappa shape index (κ2) is 14.4. The van der Waals surface area contributed by atoms with E-state index < -0.39 is 0 Å². The van der Waals surface area contributed by atoms with Crippen molar-refractivity contribution < 1.29 is 19.0 Å². The summed E-state index contributed by atoms with van der Waals surface area (Å²) >= 11 is 0. The Kier molecular flexibility index (Phi) is 10.5. The van der Waals surface area contributed by atoms with Gasteiger partial charge >= 0.3 is 0 Å². The quantitative estimate of drug-likeness (QED) is 0.186. The maximum absolute atomic E-state index is 12.1. The highest BCUT2D eigenvalue weighted by Gasteiger charge is 2.04. The maximum atomic E-state index is 12.1. The molecule has 0 fully saturated rings. The molecule has 0 heterocycles. The third-order valence-corrected chi connectivity index (χ3v) is 5.02. The normalized spacial score (nSPS) is 10.7. The number of carbonyl (C=O) groups excluding carboxylic acids is 1. The Hall–Kier alpha value is -3.80. The summed E-state index contributed by atoms with van der Waals surface area (Å²) in [6.07, 6.45) is 6.32. The molecule has 6 heteroatoms. The van der Waals surface area contributed by atoms with Gasteiger partial charge in [0.15, 0.2) is 0 Å². The van der Waals surface area contributed by atoms with Crippen molar-refractivity contribution in [2.24, 2.45) is 5.10 Å². The van der Waals surface area contributed by atoms with Crippen LogP contribution in [0.2, 0.25) is 0 Å². The van der Waals surface area contributed by atoms with Crippen molar-refractivity contribution in [2.45, 2.75) is 32.6 Å². The first-order valence-corrected chi connectivity index (χ1v) is 11.7. The largest absolute Gasteiger partial charge is 0.494 e. The predicted molar refractivity (Wildman–Crippen MR) is 135 cm³/mol. The van der Waals surface area contributed by atoms with Gasteiger partial charge in [0.25, 0.3) is 5.91 Å². The summed E-state index contributed by atoms with van der Waals surface area (Å²) in [6, 6.07) is 24.1. The highest BCUT2D eigenvalue weighted by Crippen LogP contribution is 2.19. The molecule has 0 atom stereocenters. The van der Waals surface area contributed by atoms with Crippen molar-refractivity contribution in [3.63, 3.8) is 0 Å². The Morgan fingerprint density at radius 1 is 0.765 bits per heavy atom. The molecule has 0 spiro atoms. The number of ether oxygens (including phenoxy) is 3. The zero-order valence-electron chi connectivity index (χ0n) is 19.6. The van der Waals surface area contributed by atoms with Crippen LogP contribution in [0, 0.1) is 0 Å². The van der Waals surface area contributed by atoms with Gasteiger partial charge in [0.1, 0.15) is 30.5 Å². The summed E-state index contributed by atoms with van der Waals surface area (Å²) in [5.74, 6) is 2.01. The Labute approximate surface area is 201 Å². The third kappa shape index (κ3) is 8.62. The van der Waals surface area contributed by atoms with Crippen molar-refractivity contribution in [3.8, 4) is 17.2 Å². The molecule has 0 radical (unpaired) electrons. The van der Waals surface area contributed by atoms with Crippen LogP contribution in [0.5, 0.6) is 17.2 Å². The lowest BCUT2D eigenvalue weighted by Crippen LogP contribution is -2.17. The summed E-state index contributed by atoms with van der Waals surface area (Å²) in [4.78, 5) is 12.1. The predicted octanol–water partition coefficient (Wildman–Crippen LogP) is 5.87. The van der Waals surface area contributed by atoms with Crippen molar-refractivity contribution in [1.29, 1.82) is 0 Å². The van der Waals surface area contributed by atoms with Crippen LogP contribution in [0.4, 0.5) is 0 Å². The minimum absolute atomic E-state index is 0.267. The lowest BCUT2D eigenvalue weighted by atomic mass is 10.2. The lowest BCUT2D eigenvalue weighted by molar-refractivity contribution is 0.0955. The average molecular weight is 461 g/mol. The molecule has 0 aliphatic carbocycles. The molecule has 6 nitrogen and oxygen atoms in total. The fraction of sp³-hybridized carbons (Fsp3) is 0.286. The van der Waals surface area contributed by atoms with Crippen LogP contribution < -0.4 is 19.6 Å². The molecule has 1 amide bonds. The molecule has 34 heavy (non-hydrogen) atoms. The number of para-hydroxylation sites is 1. The van der Waals surface area contributed by atoms with Crippen LogP contribution in [-0.4, -0.2) is 31.9 Å². The second-order valence-electron chi connectivity index (χ2n) is 7.68. The number of benzene rings is 3. The molecule has 0 aliphatic rings. The molecule has 3 rings (SSSR count). The number of rotatable bonds is 14. The highest BCUT2D eigenvalue weighted by atomic mass is 16.5. The summed E-state index contributed by atoms with van der Waals surface area (Å²) in [5.41, 5.74) is 3.84. The van der Waals surface area contributed by atoms with E-state index in [4.69, 9.17) is 14.2 Å². The van der Waals surface area contributed by atoms with E-state index in [-0.39, 0.29) is 5.91 Å². The van der Waals surface area contributed by atoms with Crippen molar-refractivity contribution in [1.82, 2.24) is 5.43 Å². The second-order valence-corrected chi connectivity index (χ2v) is 7.68. The molecular formula is C28H32N2O4. The van der Waals surface area contributed by atoms with Gasteiger partial charge < -0.3 is 14.2 Å². The first-order valence-electron chi connectivity index (χ1n) is 11.7. The topological polar surface area (TPSA) is 69.2 Å². The molecule has 0 bridgehead atoms. The molecule has 3 aromatic carbocycles. The van der Waals surface area contributed by atoms with Gasteiger partial charge in [0, 0.05) is 11.1 Å². The molecular weight excluding hydrogens is 428 g/mol. The number of hydrogen-bond acceptors (Lipinski definition) is 5. The fourth-order valence-electron chi connectivity index (χ4n) is 3.20. The van der Waals surface area contributed by atoms with Crippen molar-refractivity contribution >= 4 is 12.1 Å². The van der Waals surface area contributed by atoms with E-state index in [0.29, 0.717) is 24.5 Å². The van der Waals surface area contributed by atoms with Gasteiger partial charge in [-0.3, -0.25) is 4.79 Å². The van der Waals surface area contributed by atoms with Crippen LogP contribution in [0.3, 0.4) is 0 Å². The van der Waals surface area contributed by atoms with Gasteiger partial charge in [-0.2, -0.15) is 5.10 Å². The van der Waals surface area contributed by atoms with Gasteiger partial charge in [-0.05, 0) is 55.0 Å². The Morgan fingerprint density at radius 2 is 1.41 bits per heavy atom. The average Bonchev–Trinajstić information content (AvgIpc) is 2.88. The Morgan fingerprint density at radius 3 is 2.15 bits per heavy atom. The number of unbranched alkanes of at least 4 members (excludes halogenated alkanes) is 3. The van der Waals surface area contributed by atoms with Crippen molar-refractivity contribution in [3.05, 3.63) is 90.0 Å². The van der Waals surface area contributed by atoms with Crippen LogP contribution in [0.25, 0.3) is 0 Å². The fourth-order valence-corrected chi connectivity index (χ4v) is 3.20. The van der Waals surface area contributed by atoms with Crippen molar-refractivity contribution in [2.75, 3.05) is 19.8 Å². The third-order valence-electron chi connectivity index (χ3n) is 5.02. The standard InChI is InChI=1S/C28H32N2O4/c1-2-3-4-10-19-32-25-15-17-26(18-16-25)33-20-21-34-27-14-9-8-13-24(27)22-29-30-28(31)23-11-6-5-7-12-23/h5-9,11-18,22H,2-4,10,19-21H2,1H3,(H,30,31)/b29-22-. The zero-order valence-corrected chi connectivity index (χ0v) is 19.6. The van der Waals surface area contributed by atoms with Gasteiger partial charge in [-0.25, -0.2) is 5.43 Å². The highest BCUT2D eigenvalue weighted by molar-refractivity contribution is 5.95. The van der Waals surface area contributed by atoms with Crippen LogP contribution in [0.1, 0.15) is 48.5 Å². The zero-order chi connectivity index (χ0) is 23.8. The summed E-state index contributed by atoms with van der Waals surface area (Å²) in [5, 5.41) is 4.05. The smallest absolute Gasteiger partial charge is 0.271 e. The first kappa shape index (κ1) is 24.8. The van der Waals surface area contributed by atoms with Crippen LogP contribution >= 0.6 is 0 Å². The molecule has 0 saturated heterocycles. The first-order chi connectivity index (χ1) is 16.8. The van der Waals surface area contributed by atoms with E-state index in [1.54, 1.807) is 18.3 Å². The summed E-state index contributed by atoms with van der Waals surface area (Å²) in [6.45, 7) is 3.71. The SMILES string of the molecule is CCCCCCOc1ccc(OCCOc2ccccc2/C=N\NC(=O)c2ccccc2)cc1. The van der Waals surface area contributed by atoms with E-state index in [0.717, 1.165) is 30.1 Å². The van der Waals surface area contributed by atoms with E-state index in [1.807, 2.05) is 66.7 Å². The van der Waals surface area contributed by atoms with Gasteiger partial charge in [-0.1, -0.05) is 56.5 Å². The number of nitrogens with one attached hydrogen (secondary N) is 1. The molecule has 178 valence electrons. The molecule has 1 N–H and O–H groups in total. The minimum atomic E-state index is -0.267. The number of carbonyl (C=O) groups is 1. The van der Waals surface area contributed by atoms with Gasteiger partial charge in [-0.15, -0.1) is 0 Å². The number of hydrazone groups is 1. The molecule has 3 aromatic rings. The molecule has 0 aliphatic heterocycles. The summed E-state index contributed by atoms with van der Waals surface area (Å²) in [7, 11) is 0. The summed E-state index contributed by atoms with van der Waals surface area (Å²) < 4.78 is 17.4. The van der Waals surface area contributed by atoms with E-state index >= 15 is 0 Å². The Bertz CT molecular complexity index is 1020.